The number of rotatable bonds is 10. The summed E-state index contributed by atoms with van der Waals surface area (Å²) in [6.45, 7) is 2.12. The van der Waals surface area contributed by atoms with Crippen LogP contribution >= 0.6 is 0 Å². The average Bonchev–Trinajstić information content (AvgIpc) is 3.24. The molecule has 0 bridgehead atoms. The largest absolute Gasteiger partial charge is 0.465 e. The van der Waals surface area contributed by atoms with Crippen molar-refractivity contribution in [3.8, 4) is 0 Å². The molecule has 0 saturated heterocycles. The van der Waals surface area contributed by atoms with E-state index in [2.05, 4.69) is 25.6 Å². The molecule has 4 N–H and O–H groups in total. The lowest BCUT2D eigenvalue weighted by Crippen LogP contribution is -2.43. The first-order chi connectivity index (χ1) is 16.0. The highest BCUT2D eigenvalue weighted by Crippen LogP contribution is 2.18. The molecule has 2 aromatic heterocycles. The van der Waals surface area contributed by atoms with E-state index in [-0.39, 0.29) is 32.0 Å². The van der Waals surface area contributed by atoms with E-state index in [0.29, 0.717) is 17.7 Å². The molecule has 0 unspecified atom stereocenters. The lowest BCUT2D eigenvalue weighted by atomic mass is 10.2. The van der Waals surface area contributed by atoms with Gasteiger partial charge in [-0.2, -0.15) is 0 Å². The van der Waals surface area contributed by atoms with Gasteiger partial charge in [0.1, 0.15) is 19.5 Å². The summed E-state index contributed by atoms with van der Waals surface area (Å²) < 4.78 is 11.7. The van der Waals surface area contributed by atoms with E-state index < -0.39 is 24.0 Å². The van der Waals surface area contributed by atoms with Gasteiger partial charge >= 0.3 is 12.1 Å². The Hall–Kier alpha value is -4.06. The van der Waals surface area contributed by atoms with Gasteiger partial charge in [0.25, 0.3) is 0 Å². The summed E-state index contributed by atoms with van der Waals surface area (Å²) in [5, 5.41) is 5.01. The number of nitrogens with one attached hydrogen (secondary N) is 2. The molecule has 1 atom stereocenters. The zero-order chi connectivity index (χ0) is 23.6. The summed E-state index contributed by atoms with van der Waals surface area (Å²) in [5.74, 6) is -0.795. The number of esters is 1. The highest BCUT2D eigenvalue weighted by Gasteiger charge is 2.17. The molecule has 0 fully saturated rings. The van der Waals surface area contributed by atoms with Gasteiger partial charge in [-0.25, -0.2) is 19.7 Å². The van der Waals surface area contributed by atoms with Gasteiger partial charge in [0, 0.05) is 6.54 Å². The number of ether oxygens (including phenoxy) is 2. The third-order valence-corrected chi connectivity index (χ3v) is 4.56. The van der Waals surface area contributed by atoms with Gasteiger partial charge in [-0.3, -0.25) is 14.9 Å². The number of nitrogens with two attached hydrogens (primary N) is 1. The zero-order valence-electron chi connectivity index (χ0n) is 18.1. The Labute approximate surface area is 189 Å². The van der Waals surface area contributed by atoms with E-state index in [4.69, 9.17) is 15.2 Å². The maximum Gasteiger partial charge on any atom is 0.413 e. The van der Waals surface area contributed by atoms with Crippen molar-refractivity contribution in [2.45, 2.75) is 32.5 Å². The second-order valence-electron chi connectivity index (χ2n) is 6.94. The lowest BCUT2D eigenvalue weighted by molar-refractivity contribution is -0.143. The maximum absolute atomic E-state index is 12.2. The second-order valence-corrected chi connectivity index (χ2v) is 6.94. The second kappa shape index (κ2) is 11.5. The Balaban J connectivity index is 1.55. The molecule has 2 amide bonds. The van der Waals surface area contributed by atoms with Crippen LogP contribution in [-0.4, -0.2) is 56.7 Å². The van der Waals surface area contributed by atoms with Crippen molar-refractivity contribution >= 4 is 35.0 Å². The molecule has 0 saturated carbocycles. The third kappa shape index (κ3) is 6.71. The van der Waals surface area contributed by atoms with Gasteiger partial charge in [-0.15, -0.1) is 0 Å². The first-order valence-corrected chi connectivity index (χ1v) is 10.3. The number of carbonyl (C=O) groups excluding carboxylic acids is 3. The van der Waals surface area contributed by atoms with E-state index in [1.54, 1.807) is 11.5 Å². The molecule has 0 aliphatic carbocycles. The molecule has 174 valence electrons. The van der Waals surface area contributed by atoms with Gasteiger partial charge in [0.05, 0.1) is 19.0 Å². The van der Waals surface area contributed by atoms with Crippen molar-refractivity contribution in [3.05, 3.63) is 48.5 Å². The van der Waals surface area contributed by atoms with Crippen LogP contribution in [0.2, 0.25) is 0 Å². The van der Waals surface area contributed by atoms with Gasteiger partial charge in [-0.05, 0) is 18.9 Å². The van der Waals surface area contributed by atoms with Crippen molar-refractivity contribution in [3.63, 3.8) is 0 Å². The van der Waals surface area contributed by atoms with Crippen molar-refractivity contribution < 1.29 is 23.9 Å². The Bertz CT molecular complexity index is 1100. The minimum atomic E-state index is -0.843. The van der Waals surface area contributed by atoms with Crippen LogP contribution in [0, 0.1) is 0 Å². The fourth-order valence-corrected chi connectivity index (χ4v) is 2.90. The molecule has 3 rings (SSSR count). The van der Waals surface area contributed by atoms with E-state index in [9.17, 15) is 14.4 Å². The SMILES string of the molecule is CCOC(=O)CNC(=O)[C@@H](N)CCn1cnc2c(NC(=O)OCc3ccccc3)ncnc21. The number of aryl methyl sites for hydroxylation is 1. The summed E-state index contributed by atoms with van der Waals surface area (Å²) in [7, 11) is 0. The predicted octanol–water partition coefficient (Wildman–Crippen LogP) is 0.972. The molecule has 2 heterocycles. The number of benzene rings is 1. The molecule has 12 nitrogen and oxygen atoms in total. The molecule has 0 radical (unpaired) electrons. The van der Waals surface area contributed by atoms with Gasteiger partial charge < -0.3 is 25.1 Å². The minimum Gasteiger partial charge on any atom is -0.465 e. The highest BCUT2D eigenvalue weighted by molar-refractivity contribution is 5.93. The quantitative estimate of drug-likeness (QED) is 0.378. The fraction of sp³-hybridized carbons (Fsp3) is 0.333. The van der Waals surface area contributed by atoms with Crippen molar-refractivity contribution in [2.24, 2.45) is 5.73 Å². The number of hydrogen-bond acceptors (Lipinski definition) is 9. The minimum absolute atomic E-state index is 0.117. The normalized spacial score (nSPS) is 11.6. The molecular weight excluding hydrogens is 430 g/mol. The summed E-state index contributed by atoms with van der Waals surface area (Å²) >= 11 is 0. The average molecular weight is 455 g/mol. The lowest BCUT2D eigenvalue weighted by Gasteiger charge is -2.12. The van der Waals surface area contributed by atoms with Crippen LogP contribution in [0.5, 0.6) is 0 Å². The van der Waals surface area contributed by atoms with Crippen LogP contribution in [0.4, 0.5) is 10.6 Å². The Morgan fingerprint density at radius 2 is 1.91 bits per heavy atom. The molecule has 33 heavy (non-hydrogen) atoms. The summed E-state index contributed by atoms with van der Waals surface area (Å²) in [6.07, 6.45) is 2.41. The maximum atomic E-state index is 12.2. The molecular formula is C21H25N7O5. The number of carbonyl (C=O) groups is 3. The molecule has 12 heteroatoms. The van der Waals surface area contributed by atoms with Crippen LogP contribution in [0.15, 0.2) is 43.0 Å². The Kier molecular flexibility index (Phi) is 8.24. The summed E-state index contributed by atoms with van der Waals surface area (Å²) in [5.41, 5.74) is 7.60. The number of hydrogen-bond donors (Lipinski definition) is 3. The van der Waals surface area contributed by atoms with Crippen LogP contribution < -0.4 is 16.4 Å². The van der Waals surface area contributed by atoms with Gasteiger partial charge in [0.2, 0.25) is 5.91 Å². The first kappa shape index (κ1) is 23.6. The van der Waals surface area contributed by atoms with Crippen molar-refractivity contribution in [1.82, 2.24) is 24.8 Å². The topological polar surface area (TPSA) is 163 Å². The van der Waals surface area contributed by atoms with E-state index >= 15 is 0 Å². The van der Waals surface area contributed by atoms with Crippen LogP contribution in [0.25, 0.3) is 11.2 Å². The number of anilines is 1. The van der Waals surface area contributed by atoms with E-state index in [0.717, 1.165) is 5.56 Å². The van der Waals surface area contributed by atoms with E-state index in [1.807, 2.05) is 30.3 Å². The molecule has 1 aromatic carbocycles. The Morgan fingerprint density at radius 3 is 2.67 bits per heavy atom. The summed E-state index contributed by atoms with van der Waals surface area (Å²) in [6, 6.07) is 8.43. The fourth-order valence-electron chi connectivity index (χ4n) is 2.90. The predicted molar refractivity (Wildman–Crippen MR) is 118 cm³/mol. The Morgan fingerprint density at radius 1 is 1.12 bits per heavy atom. The smallest absolute Gasteiger partial charge is 0.413 e. The van der Waals surface area contributed by atoms with Gasteiger partial charge in [-0.1, -0.05) is 30.3 Å². The third-order valence-electron chi connectivity index (χ3n) is 4.56. The zero-order valence-corrected chi connectivity index (χ0v) is 18.1. The van der Waals surface area contributed by atoms with Gasteiger partial charge in [0.15, 0.2) is 17.0 Å². The van der Waals surface area contributed by atoms with Crippen LogP contribution in [0.3, 0.4) is 0 Å². The number of aromatic nitrogens is 4. The van der Waals surface area contributed by atoms with Crippen molar-refractivity contribution in [2.75, 3.05) is 18.5 Å². The number of nitrogens with zero attached hydrogens (tertiary/aromatic N) is 4. The van der Waals surface area contributed by atoms with Crippen LogP contribution in [-0.2, 0) is 32.2 Å². The number of amides is 2. The molecule has 0 aliphatic rings. The van der Waals surface area contributed by atoms with E-state index in [1.165, 1.54) is 12.7 Å². The number of fused-ring (bicyclic) bond motifs is 1. The highest BCUT2D eigenvalue weighted by atomic mass is 16.5. The monoisotopic (exact) mass is 455 g/mol. The molecule has 0 aliphatic heterocycles. The molecule has 3 aromatic rings. The van der Waals surface area contributed by atoms with Crippen LogP contribution in [0.1, 0.15) is 18.9 Å². The first-order valence-electron chi connectivity index (χ1n) is 10.3. The van der Waals surface area contributed by atoms with Crippen molar-refractivity contribution in [1.29, 1.82) is 0 Å². The number of imidazole rings is 1. The standard InChI is InChI=1S/C21H25N7O5/c1-2-32-16(29)10-23-20(30)15(22)8-9-28-13-26-17-18(24-12-25-19(17)28)27-21(31)33-11-14-6-4-3-5-7-14/h3-7,12-13,15H,2,8-11,22H2,1H3,(H,23,30)(H,24,25,27,31)/t15-/m0/s1. The molecule has 0 spiro atoms. The summed E-state index contributed by atoms with van der Waals surface area (Å²) in [4.78, 5) is 48.1.